The lowest BCUT2D eigenvalue weighted by Gasteiger charge is -2.15. The van der Waals surface area contributed by atoms with Gasteiger partial charge >= 0.3 is 32.1 Å². The van der Waals surface area contributed by atoms with Crippen LogP contribution in [0.15, 0.2) is 60.7 Å². The Labute approximate surface area is 247 Å². The topological polar surface area (TPSA) is 154 Å². The molecule has 1 saturated heterocycles. The van der Waals surface area contributed by atoms with E-state index in [2.05, 4.69) is 19.5 Å². The molecule has 10 nitrogen and oxygen atoms in total. The van der Waals surface area contributed by atoms with Gasteiger partial charge in [0.25, 0.3) is 0 Å². The molecule has 3 rings (SSSR count). The van der Waals surface area contributed by atoms with Crippen LogP contribution in [0, 0.1) is 0 Å². The maximum Gasteiger partial charge on any atom is 0.515 e. The lowest BCUT2D eigenvalue weighted by Crippen LogP contribution is -2.32. The number of halogens is 6. The number of aliphatic carboxylic acids is 1. The number of esters is 1. The molecule has 1 amide bonds. The van der Waals surface area contributed by atoms with E-state index < -0.39 is 44.2 Å². The minimum Gasteiger partial charge on any atom is -0.480 e. The highest BCUT2D eigenvalue weighted by molar-refractivity contribution is 6.67. The molecule has 1 aliphatic heterocycles. The monoisotopic (exact) mass is 650 g/mol. The zero-order chi connectivity index (χ0) is 28.9. The summed E-state index contributed by atoms with van der Waals surface area (Å²) in [6.45, 7) is 0. The molecule has 0 aliphatic carbocycles. The maximum atomic E-state index is 11.1. The number of alkyl halides is 6. The summed E-state index contributed by atoms with van der Waals surface area (Å²) in [6, 6.07) is 17.5. The van der Waals surface area contributed by atoms with E-state index in [0.717, 1.165) is 11.1 Å². The number of rotatable bonds is 5. The van der Waals surface area contributed by atoms with E-state index in [9.17, 15) is 19.2 Å². The van der Waals surface area contributed by atoms with Crippen LogP contribution in [0.3, 0.4) is 0 Å². The zero-order valence-corrected chi connectivity index (χ0v) is 23.5. The number of nitrogens with one attached hydrogen (secondary N) is 1. The van der Waals surface area contributed by atoms with Crippen molar-refractivity contribution in [2.45, 2.75) is 32.9 Å². The molecule has 2 atom stereocenters. The first-order valence-corrected chi connectivity index (χ1v) is 12.5. The van der Waals surface area contributed by atoms with E-state index in [4.69, 9.17) is 80.4 Å². The van der Waals surface area contributed by atoms with Crippen molar-refractivity contribution >= 4 is 93.8 Å². The fraction of sp³-hybridized carbons (Fsp3) is 0.273. The minimum atomic E-state index is -2.24. The Morgan fingerprint density at radius 1 is 0.895 bits per heavy atom. The second-order valence-corrected chi connectivity index (χ2v) is 11.4. The molecule has 0 unspecified atom stereocenters. The average Bonchev–Trinajstić information content (AvgIpc) is 3.09. The molecule has 2 aromatic rings. The summed E-state index contributed by atoms with van der Waals surface area (Å²) in [4.78, 5) is 42.7. The second-order valence-electron chi connectivity index (χ2n) is 7.08. The molecule has 208 valence electrons. The molecule has 38 heavy (non-hydrogen) atoms. The highest BCUT2D eigenvalue weighted by atomic mass is 35.6. The highest BCUT2D eigenvalue weighted by Crippen LogP contribution is 2.32. The van der Waals surface area contributed by atoms with E-state index >= 15 is 0 Å². The molecular formula is C22H20Cl6N2O8. The molecule has 0 spiro atoms. The number of nitrogens with two attached hydrogens (primary N) is 1. The molecule has 0 saturated carbocycles. The van der Waals surface area contributed by atoms with Crippen molar-refractivity contribution in [3.05, 3.63) is 71.8 Å². The molecule has 16 heteroatoms. The van der Waals surface area contributed by atoms with Crippen molar-refractivity contribution < 1.29 is 38.5 Å². The molecule has 4 N–H and O–H groups in total. The Kier molecular flexibility index (Phi) is 14.3. The van der Waals surface area contributed by atoms with Gasteiger partial charge in [-0.1, -0.05) is 60.7 Å². The van der Waals surface area contributed by atoms with Crippen LogP contribution in [-0.4, -0.2) is 49.3 Å². The van der Waals surface area contributed by atoms with Gasteiger partial charge in [-0.05, 0) is 87.2 Å². The summed E-state index contributed by atoms with van der Waals surface area (Å²) in [5, 5.41) is 11.0. The van der Waals surface area contributed by atoms with Gasteiger partial charge in [-0.15, -0.1) is 0 Å². The minimum absolute atomic E-state index is 0.385. The van der Waals surface area contributed by atoms with E-state index in [1.54, 1.807) is 0 Å². The molecule has 1 aliphatic rings. The number of cyclic esters (lactones) is 2. The third-order valence-electron chi connectivity index (χ3n) is 4.07. The quantitative estimate of drug-likeness (QED) is 0.222. The van der Waals surface area contributed by atoms with E-state index in [-0.39, 0.29) is 0 Å². The summed E-state index contributed by atoms with van der Waals surface area (Å²) in [5.41, 5.74) is 7.30. The second kappa shape index (κ2) is 16.0. The molecule has 0 radical (unpaired) electrons. The van der Waals surface area contributed by atoms with Gasteiger partial charge in [-0.25, -0.2) is 14.4 Å². The van der Waals surface area contributed by atoms with Gasteiger partial charge in [0, 0.05) is 6.42 Å². The normalized spacial score (nSPS) is 15.4. The first-order valence-electron chi connectivity index (χ1n) is 10.2. The van der Waals surface area contributed by atoms with Crippen molar-refractivity contribution in [1.29, 1.82) is 0 Å². The van der Waals surface area contributed by atoms with Gasteiger partial charge in [-0.3, -0.25) is 4.79 Å². The number of ether oxygens (including phenoxy) is 3. The molecule has 0 aromatic heterocycles. The lowest BCUT2D eigenvalue weighted by atomic mass is 10.1. The van der Waals surface area contributed by atoms with Crippen LogP contribution in [-0.2, 0) is 36.6 Å². The number of hydrogen-bond donors (Lipinski definition) is 3. The van der Waals surface area contributed by atoms with Gasteiger partial charge in [-0.2, -0.15) is 0 Å². The number of carbonyl (C=O) groups excluding carboxylic acids is 3. The number of hydrogen-bond acceptors (Lipinski definition) is 8. The third-order valence-corrected chi connectivity index (χ3v) is 4.53. The van der Waals surface area contributed by atoms with Gasteiger partial charge in [0.2, 0.25) is 0 Å². The van der Waals surface area contributed by atoms with Crippen LogP contribution in [0.4, 0.5) is 9.59 Å². The molecular weight excluding hydrogens is 633 g/mol. The summed E-state index contributed by atoms with van der Waals surface area (Å²) in [7, 11) is 0. The number of carboxylic acids is 1. The third kappa shape index (κ3) is 15.9. The molecule has 1 heterocycles. The van der Waals surface area contributed by atoms with Crippen molar-refractivity contribution in [2.75, 3.05) is 0 Å². The maximum absolute atomic E-state index is 11.1. The van der Waals surface area contributed by atoms with Crippen LogP contribution < -0.4 is 11.1 Å². The van der Waals surface area contributed by atoms with Crippen LogP contribution in [0.5, 0.6) is 0 Å². The SMILES string of the molecule is N[C@@H](Cc1ccccc1)C(=O)O.O=C(OC(Cl)(Cl)Cl)OC(Cl)(Cl)Cl.O=C1N[C@@H](Cc2ccccc2)C(=O)O1. The number of amides is 1. The smallest absolute Gasteiger partial charge is 0.480 e. The first kappa shape index (κ1) is 33.8. The number of benzene rings is 2. The van der Waals surface area contributed by atoms with Crippen LogP contribution >= 0.6 is 69.6 Å². The average molecular weight is 653 g/mol. The molecule has 2 aromatic carbocycles. The summed E-state index contributed by atoms with van der Waals surface area (Å²) in [5.74, 6) is -1.46. The first-order chi connectivity index (χ1) is 17.6. The zero-order valence-electron chi connectivity index (χ0n) is 19.0. The predicted octanol–water partition coefficient (Wildman–Crippen LogP) is 5.30. The van der Waals surface area contributed by atoms with Gasteiger partial charge in [0.05, 0.1) is 0 Å². The Balaban J connectivity index is 0.000000287. The Morgan fingerprint density at radius 2 is 1.34 bits per heavy atom. The summed E-state index contributed by atoms with van der Waals surface area (Å²) < 4.78 is 7.86. The molecule has 1 fully saturated rings. The van der Waals surface area contributed by atoms with Crippen LogP contribution in [0.25, 0.3) is 0 Å². The van der Waals surface area contributed by atoms with Gasteiger partial charge < -0.3 is 30.4 Å². The fourth-order valence-electron chi connectivity index (χ4n) is 2.54. The summed E-state index contributed by atoms with van der Waals surface area (Å²) >= 11 is 30.2. The largest absolute Gasteiger partial charge is 0.515 e. The number of carbonyl (C=O) groups is 4. The Bertz CT molecular complexity index is 1050. The fourth-order valence-corrected chi connectivity index (χ4v) is 2.92. The van der Waals surface area contributed by atoms with Gasteiger partial charge in [0.1, 0.15) is 12.1 Å². The lowest BCUT2D eigenvalue weighted by molar-refractivity contribution is -0.138. The molecule has 0 bridgehead atoms. The highest BCUT2D eigenvalue weighted by Gasteiger charge is 2.33. The summed E-state index contributed by atoms with van der Waals surface area (Å²) in [6.07, 6.45) is -1.20. The van der Waals surface area contributed by atoms with Crippen molar-refractivity contribution in [3.8, 4) is 0 Å². The van der Waals surface area contributed by atoms with Crippen molar-refractivity contribution in [2.24, 2.45) is 5.73 Å². The number of alkyl carbamates (subject to hydrolysis) is 1. The predicted molar refractivity (Wildman–Crippen MR) is 142 cm³/mol. The van der Waals surface area contributed by atoms with E-state index in [1.165, 1.54) is 0 Å². The number of carboxylic acid groups (broad SMARTS) is 1. The standard InChI is InChI=1S/C10H9NO3.C9H11NO2.C3Cl6O3/c12-9-8(11-10(13)14-9)6-7-4-2-1-3-5-7;10-8(9(11)12)6-7-4-2-1-3-5-7;4-2(5,6)11-1(10)12-3(7,8)9/h1-5,8H,6H2,(H,11,13);1-5,8H,6,10H2,(H,11,12);/t2*8-;/m00./s1. The van der Waals surface area contributed by atoms with Crippen molar-refractivity contribution in [3.63, 3.8) is 0 Å². The van der Waals surface area contributed by atoms with Crippen molar-refractivity contribution in [1.82, 2.24) is 5.32 Å². The Morgan fingerprint density at radius 3 is 1.71 bits per heavy atom. The van der Waals surface area contributed by atoms with Gasteiger partial charge in [0.15, 0.2) is 0 Å². The van der Waals surface area contributed by atoms with Crippen LogP contribution in [0.1, 0.15) is 11.1 Å². The Hall–Kier alpha value is -2.18. The van der Waals surface area contributed by atoms with Crippen LogP contribution in [0.2, 0.25) is 0 Å². The van der Waals surface area contributed by atoms with E-state index in [1.807, 2.05) is 60.7 Å². The van der Waals surface area contributed by atoms with E-state index in [0.29, 0.717) is 12.8 Å².